The quantitative estimate of drug-likeness (QED) is 0.649. The molecule has 1 aromatic heterocycles. The number of nitrogens with zero attached hydrogens (tertiary/aromatic N) is 4. The smallest absolute Gasteiger partial charge is 0.193 e. The molecule has 27 heavy (non-hydrogen) atoms. The van der Waals surface area contributed by atoms with Gasteiger partial charge in [0.1, 0.15) is 5.75 Å². The fraction of sp³-hybridized carbons (Fsp3) is 0.429. The Balaban J connectivity index is 1.48. The molecule has 1 N–H and O–H groups in total. The van der Waals surface area contributed by atoms with Gasteiger partial charge in [0, 0.05) is 63.4 Å². The summed E-state index contributed by atoms with van der Waals surface area (Å²) in [5.41, 5.74) is 3.51. The molecule has 6 heteroatoms. The number of pyridine rings is 1. The number of hydrogen-bond donors (Lipinski definition) is 1. The molecule has 0 saturated carbocycles. The van der Waals surface area contributed by atoms with E-state index < -0.39 is 0 Å². The van der Waals surface area contributed by atoms with Gasteiger partial charge in [0.2, 0.25) is 0 Å². The maximum Gasteiger partial charge on any atom is 0.193 e. The Kier molecular flexibility index (Phi) is 6.52. The lowest BCUT2D eigenvalue weighted by molar-refractivity contribution is 0.372. The van der Waals surface area contributed by atoms with Crippen molar-refractivity contribution in [1.82, 2.24) is 15.2 Å². The number of ether oxygens (including phenoxy) is 1. The van der Waals surface area contributed by atoms with Gasteiger partial charge in [-0.15, -0.1) is 0 Å². The van der Waals surface area contributed by atoms with E-state index in [0.717, 1.165) is 56.5 Å². The van der Waals surface area contributed by atoms with Crippen molar-refractivity contribution in [3.8, 4) is 5.75 Å². The molecule has 0 radical (unpaired) electrons. The summed E-state index contributed by atoms with van der Waals surface area (Å²) >= 11 is 0. The fourth-order valence-corrected chi connectivity index (χ4v) is 3.28. The molecule has 0 aliphatic carbocycles. The summed E-state index contributed by atoms with van der Waals surface area (Å²) in [5.74, 6) is 1.87. The third-order valence-corrected chi connectivity index (χ3v) is 4.88. The van der Waals surface area contributed by atoms with Crippen LogP contribution in [-0.2, 0) is 6.42 Å². The third kappa shape index (κ3) is 5.12. The summed E-state index contributed by atoms with van der Waals surface area (Å²) < 4.78 is 5.34. The van der Waals surface area contributed by atoms with Gasteiger partial charge in [-0.05, 0) is 37.1 Å². The normalized spacial score (nSPS) is 15.0. The van der Waals surface area contributed by atoms with Crippen LogP contribution in [-0.4, -0.2) is 62.7 Å². The Labute approximate surface area is 161 Å². The molecule has 0 unspecified atom stereocenters. The van der Waals surface area contributed by atoms with Crippen molar-refractivity contribution < 1.29 is 4.74 Å². The van der Waals surface area contributed by atoms with E-state index in [4.69, 9.17) is 4.74 Å². The average Bonchev–Trinajstić information content (AvgIpc) is 2.73. The highest BCUT2D eigenvalue weighted by Gasteiger charge is 2.20. The van der Waals surface area contributed by atoms with Crippen LogP contribution in [0.3, 0.4) is 0 Å². The van der Waals surface area contributed by atoms with Gasteiger partial charge in [-0.1, -0.05) is 12.1 Å². The number of benzene rings is 1. The first-order valence-electron chi connectivity index (χ1n) is 9.45. The van der Waals surface area contributed by atoms with Gasteiger partial charge >= 0.3 is 0 Å². The van der Waals surface area contributed by atoms with E-state index in [1.807, 2.05) is 32.3 Å². The van der Waals surface area contributed by atoms with E-state index in [1.165, 1.54) is 11.3 Å². The van der Waals surface area contributed by atoms with Crippen molar-refractivity contribution in [2.24, 2.45) is 4.99 Å². The minimum absolute atomic E-state index is 0.855. The monoisotopic (exact) mass is 367 g/mol. The highest BCUT2D eigenvalue weighted by atomic mass is 16.5. The van der Waals surface area contributed by atoms with Crippen molar-refractivity contribution in [3.05, 3.63) is 53.9 Å². The van der Waals surface area contributed by atoms with Crippen molar-refractivity contribution in [2.75, 3.05) is 51.8 Å². The summed E-state index contributed by atoms with van der Waals surface area (Å²) in [7, 11) is 3.56. The Morgan fingerprint density at radius 1 is 1.19 bits per heavy atom. The van der Waals surface area contributed by atoms with Crippen LogP contribution in [0.5, 0.6) is 5.75 Å². The van der Waals surface area contributed by atoms with Gasteiger partial charge in [0.15, 0.2) is 5.96 Å². The van der Waals surface area contributed by atoms with Crippen molar-refractivity contribution in [3.63, 3.8) is 0 Å². The second-order valence-corrected chi connectivity index (χ2v) is 6.71. The lowest BCUT2D eigenvalue weighted by atomic mass is 10.2. The summed E-state index contributed by atoms with van der Waals surface area (Å²) in [5, 5.41) is 3.48. The number of rotatable bonds is 5. The molecule has 3 rings (SSSR count). The topological polar surface area (TPSA) is 53.0 Å². The molecule has 1 fully saturated rings. The molecular weight excluding hydrogens is 338 g/mol. The molecule has 144 valence electrons. The molecule has 0 spiro atoms. The Morgan fingerprint density at radius 2 is 2.00 bits per heavy atom. The molecule has 0 atom stereocenters. The van der Waals surface area contributed by atoms with Gasteiger partial charge in [-0.3, -0.25) is 9.98 Å². The van der Waals surface area contributed by atoms with Crippen LogP contribution >= 0.6 is 0 Å². The molecule has 2 heterocycles. The number of aryl methyl sites for hydroxylation is 1. The molecule has 0 bridgehead atoms. The van der Waals surface area contributed by atoms with Crippen LogP contribution < -0.4 is 15.0 Å². The van der Waals surface area contributed by atoms with E-state index in [1.54, 1.807) is 7.11 Å². The molecule has 1 aliphatic heterocycles. The minimum atomic E-state index is 0.855. The highest BCUT2D eigenvalue weighted by Crippen LogP contribution is 2.22. The van der Waals surface area contributed by atoms with Gasteiger partial charge in [0.05, 0.1) is 7.11 Å². The van der Waals surface area contributed by atoms with Gasteiger partial charge in [0.25, 0.3) is 0 Å². The standard InChI is InChI=1S/C21H29N5O/c1-17-7-8-18(16-24-17)9-10-23-21(22-2)26-13-11-25(12-14-26)19-5-4-6-20(15-19)27-3/h4-8,15-16H,9-14H2,1-3H3,(H,22,23). The number of nitrogens with one attached hydrogen (secondary N) is 1. The second-order valence-electron chi connectivity index (χ2n) is 6.71. The van der Waals surface area contributed by atoms with Gasteiger partial charge in [-0.2, -0.15) is 0 Å². The molecule has 1 saturated heterocycles. The molecular formula is C21H29N5O. The third-order valence-electron chi connectivity index (χ3n) is 4.88. The molecule has 1 aliphatic rings. The minimum Gasteiger partial charge on any atom is -0.497 e. The maximum atomic E-state index is 5.34. The Morgan fingerprint density at radius 3 is 2.67 bits per heavy atom. The average molecular weight is 367 g/mol. The van der Waals surface area contributed by atoms with Crippen LogP contribution in [0, 0.1) is 6.92 Å². The first kappa shape index (κ1) is 19.0. The SMILES string of the molecule is CN=C(NCCc1ccc(C)nc1)N1CCN(c2cccc(OC)c2)CC1. The van der Waals surface area contributed by atoms with E-state index in [9.17, 15) is 0 Å². The first-order valence-corrected chi connectivity index (χ1v) is 9.45. The summed E-state index contributed by atoms with van der Waals surface area (Å²) in [4.78, 5) is 13.5. The predicted octanol–water partition coefficient (Wildman–Crippen LogP) is 2.34. The molecule has 6 nitrogen and oxygen atoms in total. The number of aliphatic imine (C=N–C) groups is 1. The van der Waals surface area contributed by atoms with Gasteiger partial charge in [-0.25, -0.2) is 0 Å². The number of methoxy groups -OCH3 is 1. The fourth-order valence-electron chi connectivity index (χ4n) is 3.28. The first-order chi connectivity index (χ1) is 13.2. The summed E-state index contributed by atoms with van der Waals surface area (Å²) in [6.45, 7) is 6.69. The van der Waals surface area contributed by atoms with Crippen LogP contribution in [0.2, 0.25) is 0 Å². The van der Waals surface area contributed by atoms with E-state index in [-0.39, 0.29) is 0 Å². The van der Waals surface area contributed by atoms with Crippen LogP contribution in [0.15, 0.2) is 47.6 Å². The summed E-state index contributed by atoms with van der Waals surface area (Å²) in [6, 6.07) is 12.5. The van der Waals surface area contributed by atoms with E-state index >= 15 is 0 Å². The molecule has 2 aromatic rings. The van der Waals surface area contributed by atoms with Crippen molar-refractivity contribution in [1.29, 1.82) is 0 Å². The Bertz CT molecular complexity index is 751. The van der Waals surface area contributed by atoms with Crippen LogP contribution in [0.4, 0.5) is 5.69 Å². The van der Waals surface area contributed by atoms with E-state index in [0.29, 0.717) is 0 Å². The number of guanidine groups is 1. The second kappa shape index (κ2) is 9.26. The summed E-state index contributed by atoms with van der Waals surface area (Å²) in [6.07, 6.45) is 2.89. The number of hydrogen-bond acceptors (Lipinski definition) is 4. The van der Waals surface area contributed by atoms with Gasteiger partial charge < -0.3 is 19.9 Å². The van der Waals surface area contributed by atoms with Crippen LogP contribution in [0.1, 0.15) is 11.3 Å². The predicted molar refractivity (Wildman–Crippen MR) is 111 cm³/mol. The lowest BCUT2D eigenvalue weighted by Gasteiger charge is -2.37. The number of anilines is 1. The lowest BCUT2D eigenvalue weighted by Crippen LogP contribution is -2.52. The Hall–Kier alpha value is -2.76. The number of piperazine rings is 1. The number of aromatic nitrogens is 1. The van der Waals surface area contributed by atoms with E-state index in [2.05, 4.69) is 49.4 Å². The van der Waals surface area contributed by atoms with Crippen molar-refractivity contribution in [2.45, 2.75) is 13.3 Å². The molecule has 0 amide bonds. The highest BCUT2D eigenvalue weighted by molar-refractivity contribution is 5.80. The molecule has 1 aromatic carbocycles. The zero-order valence-electron chi connectivity index (χ0n) is 16.5. The zero-order valence-corrected chi connectivity index (χ0v) is 16.5. The van der Waals surface area contributed by atoms with Crippen LogP contribution in [0.25, 0.3) is 0 Å². The zero-order chi connectivity index (χ0) is 19.1. The maximum absolute atomic E-state index is 5.34. The largest absolute Gasteiger partial charge is 0.497 e. The van der Waals surface area contributed by atoms with Crippen molar-refractivity contribution >= 4 is 11.6 Å².